The van der Waals surface area contributed by atoms with Crippen molar-refractivity contribution in [3.63, 3.8) is 0 Å². The number of carbonyl (C=O) groups is 1. The van der Waals surface area contributed by atoms with Crippen LogP contribution in [0.15, 0.2) is 0 Å². The van der Waals surface area contributed by atoms with E-state index in [1.807, 2.05) is 20.8 Å². The topological polar surface area (TPSA) is 55.1 Å². The van der Waals surface area contributed by atoms with Gasteiger partial charge < -0.3 is 11.1 Å². The smallest absolute Gasteiger partial charge is 0.240 e. The van der Waals surface area contributed by atoms with Crippen LogP contribution in [-0.2, 0) is 4.79 Å². The summed E-state index contributed by atoms with van der Waals surface area (Å²) >= 11 is 0. The van der Waals surface area contributed by atoms with E-state index in [2.05, 4.69) is 19.2 Å². The SMILES string of the molecule is CCC(N)(CC)C(=O)NC(C)CCC(C)C. The first kappa shape index (κ1) is 15.4. The molecule has 3 heteroatoms. The molecule has 0 fully saturated rings. The first-order chi connectivity index (χ1) is 7.35. The van der Waals surface area contributed by atoms with Gasteiger partial charge in [-0.25, -0.2) is 0 Å². The molecule has 0 bridgehead atoms. The number of hydrogen-bond donors (Lipinski definition) is 2. The van der Waals surface area contributed by atoms with Crippen molar-refractivity contribution in [1.29, 1.82) is 0 Å². The van der Waals surface area contributed by atoms with Crippen LogP contribution in [0.1, 0.15) is 60.3 Å². The van der Waals surface area contributed by atoms with Gasteiger partial charge in [0.15, 0.2) is 0 Å². The van der Waals surface area contributed by atoms with E-state index in [1.54, 1.807) is 0 Å². The lowest BCUT2D eigenvalue weighted by molar-refractivity contribution is -0.127. The number of hydrogen-bond acceptors (Lipinski definition) is 2. The maximum absolute atomic E-state index is 11.9. The van der Waals surface area contributed by atoms with Gasteiger partial charge >= 0.3 is 0 Å². The summed E-state index contributed by atoms with van der Waals surface area (Å²) in [5.41, 5.74) is 5.34. The van der Waals surface area contributed by atoms with E-state index in [-0.39, 0.29) is 11.9 Å². The summed E-state index contributed by atoms with van der Waals surface area (Å²) < 4.78 is 0. The first-order valence-corrected chi connectivity index (χ1v) is 6.45. The van der Waals surface area contributed by atoms with Crippen LogP contribution in [0, 0.1) is 5.92 Å². The summed E-state index contributed by atoms with van der Waals surface area (Å²) in [6, 6.07) is 0.218. The molecule has 0 aliphatic rings. The van der Waals surface area contributed by atoms with Crippen molar-refractivity contribution in [1.82, 2.24) is 5.32 Å². The summed E-state index contributed by atoms with van der Waals surface area (Å²) in [5.74, 6) is 0.674. The van der Waals surface area contributed by atoms with Gasteiger partial charge in [-0.15, -0.1) is 0 Å². The predicted octanol–water partition coefficient (Wildman–Crippen LogP) is 2.44. The summed E-state index contributed by atoms with van der Waals surface area (Å²) in [6.45, 7) is 10.4. The number of amides is 1. The fraction of sp³-hybridized carbons (Fsp3) is 0.923. The van der Waals surface area contributed by atoms with Crippen molar-refractivity contribution in [2.45, 2.75) is 71.9 Å². The van der Waals surface area contributed by atoms with Crippen LogP contribution in [0.5, 0.6) is 0 Å². The Labute approximate surface area is 100 Å². The number of carbonyl (C=O) groups excluding carboxylic acids is 1. The molecule has 1 atom stereocenters. The van der Waals surface area contributed by atoms with E-state index < -0.39 is 5.54 Å². The van der Waals surface area contributed by atoms with Gasteiger partial charge in [0, 0.05) is 6.04 Å². The Balaban J connectivity index is 4.12. The molecule has 0 spiro atoms. The minimum atomic E-state index is -0.688. The van der Waals surface area contributed by atoms with E-state index in [1.165, 1.54) is 0 Å². The molecule has 0 aliphatic carbocycles. The fourth-order valence-electron chi connectivity index (χ4n) is 1.59. The maximum Gasteiger partial charge on any atom is 0.240 e. The normalized spacial score (nSPS) is 13.9. The molecule has 0 aromatic carbocycles. The molecule has 1 amide bonds. The molecule has 3 nitrogen and oxygen atoms in total. The van der Waals surface area contributed by atoms with E-state index in [0.29, 0.717) is 18.8 Å². The van der Waals surface area contributed by atoms with Crippen molar-refractivity contribution in [3.8, 4) is 0 Å². The summed E-state index contributed by atoms with van der Waals surface area (Å²) in [5, 5.41) is 3.01. The zero-order chi connectivity index (χ0) is 12.8. The lowest BCUT2D eigenvalue weighted by atomic mass is 9.92. The minimum absolute atomic E-state index is 0.00578. The van der Waals surface area contributed by atoms with E-state index in [0.717, 1.165) is 12.8 Å². The molecule has 0 aliphatic heterocycles. The van der Waals surface area contributed by atoms with E-state index in [4.69, 9.17) is 5.73 Å². The Kier molecular flexibility index (Phi) is 6.65. The van der Waals surface area contributed by atoms with Crippen LogP contribution < -0.4 is 11.1 Å². The second kappa shape index (κ2) is 6.89. The Morgan fingerprint density at radius 1 is 1.19 bits per heavy atom. The second-order valence-electron chi connectivity index (χ2n) is 5.21. The molecule has 0 saturated heterocycles. The van der Waals surface area contributed by atoms with Gasteiger partial charge in [-0.05, 0) is 38.5 Å². The monoisotopic (exact) mass is 228 g/mol. The quantitative estimate of drug-likeness (QED) is 0.703. The van der Waals surface area contributed by atoms with Gasteiger partial charge in [-0.2, -0.15) is 0 Å². The zero-order valence-electron chi connectivity index (χ0n) is 11.5. The molecule has 0 radical (unpaired) electrons. The third-order valence-electron chi connectivity index (χ3n) is 3.27. The van der Waals surface area contributed by atoms with Crippen LogP contribution in [0.3, 0.4) is 0 Å². The molecule has 0 aromatic rings. The van der Waals surface area contributed by atoms with Gasteiger partial charge in [0.2, 0.25) is 5.91 Å². The van der Waals surface area contributed by atoms with Gasteiger partial charge in [0.05, 0.1) is 5.54 Å². The first-order valence-electron chi connectivity index (χ1n) is 6.45. The van der Waals surface area contributed by atoms with Crippen LogP contribution in [0.2, 0.25) is 0 Å². The Morgan fingerprint density at radius 2 is 1.69 bits per heavy atom. The predicted molar refractivity (Wildman–Crippen MR) is 69.2 cm³/mol. The number of rotatable bonds is 7. The van der Waals surface area contributed by atoms with Crippen molar-refractivity contribution < 1.29 is 4.79 Å². The third kappa shape index (κ3) is 4.97. The third-order valence-corrected chi connectivity index (χ3v) is 3.27. The maximum atomic E-state index is 11.9. The molecule has 16 heavy (non-hydrogen) atoms. The van der Waals surface area contributed by atoms with Gasteiger partial charge in [-0.3, -0.25) is 4.79 Å². The molecule has 0 saturated carbocycles. The minimum Gasteiger partial charge on any atom is -0.352 e. The van der Waals surface area contributed by atoms with Crippen molar-refractivity contribution in [3.05, 3.63) is 0 Å². The highest BCUT2D eigenvalue weighted by atomic mass is 16.2. The van der Waals surface area contributed by atoms with Gasteiger partial charge in [0.1, 0.15) is 0 Å². The van der Waals surface area contributed by atoms with Crippen LogP contribution in [-0.4, -0.2) is 17.5 Å². The number of nitrogens with one attached hydrogen (secondary N) is 1. The lowest BCUT2D eigenvalue weighted by Crippen LogP contribution is -2.55. The number of nitrogens with two attached hydrogens (primary N) is 1. The molecule has 1 unspecified atom stereocenters. The summed E-state index contributed by atoms with van der Waals surface area (Å²) in [7, 11) is 0. The lowest BCUT2D eigenvalue weighted by Gasteiger charge is -2.27. The molecular weight excluding hydrogens is 200 g/mol. The van der Waals surface area contributed by atoms with Crippen LogP contribution in [0.25, 0.3) is 0 Å². The van der Waals surface area contributed by atoms with Gasteiger partial charge in [0.25, 0.3) is 0 Å². The standard InChI is InChI=1S/C13H28N2O/c1-6-13(14,7-2)12(16)15-11(5)9-8-10(3)4/h10-11H,6-9,14H2,1-5H3,(H,15,16). The molecule has 0 rings (SSSR count). The summed E-state index contributed by atoms with van der Waals surface area (Å²) in [4.78, 5) is 11.9. The molecule has 0 aromatic heterocycles. The Bertz CT molecular complexity index is 210. The zero-order valence-corrected chi connectivity index (χ0v) is 11.5. The highest BCUT2D eigenvalue weighted by Gasteiger charge is 2.30. The van der Waals surface area contributed by atoms with Crippen molar-refractivity contribution in [2.75, 3.05) is 0 Å². The fourth-order valence-corrected chi connectivity index (χ4v) is 1.59. The highest BCUT2D eigenvalue weighted by Crippen LogP contribution is 2.13. The van der Waals surface area contributed by atoms with Crippen LogP contribution in [0.4, 0.5) is 0 Å². The molecule has 3 N–H and O–H groups in total. The van der Waals surface area contributed by atoms with Gasteiger partial charge in [-0.1, -0.05) is 27.7 Å². The van der Waals surface area contributed by atoms with Crippen molar-refractivity contribution >= 4 is 5.91 Å². The van der Waals surface area contributed by atoms with Crippen molar-refractivity contribution in [2.24, 2.45) is 11.7 Å². The Morgan fingerprint density at radius 3 is 2.06 bits per heavy atom. The van der Waals surface area contributed by atoms with E-state index in [9.17, 15) is 4.79 Å². The molecular formula is C13H28N2O. The molecule has 0 heterocycles. The average molecular weight is 228 g/mol. The molecule has 96 valence electrons. The Hall–Kier alpha value is -0.570. The average Bonchev–Trinajstić information content (AvgIpc) is 2.25. The summed E-state index contributed by atoms with van der Waals surface area (Å²) in [6.07, 6.45) is 3.53. The van der Waals surface area contributed by atoms with Crippen LogP contribution >= 0.6 is 0 Å². The largest absolute Gasteiger partial charge is 0.352 e. The van der Waals surface area contributed by atoms with E-state index >= 15 is 0 Å². The highest BCUT2D eigenvalue weighted by molar-refractivity contribution is 5.86. The second-order valence-corrected chi connectivity index (χ2v) is 5.21.